The van der Waals surface area contributed by atoms with E-state index >= 15 is 0 Å². The Balaban J connectivity index is 0.000000136. The van der Waals surface area contributed by atoms with Crippen molar-refractivity contribution in [3.63, 3.8) is 0 Å². The van der Waals surface area contributed by atoms with Crippen LogP contribution in [0.15, 0.2) is 46.9 Å². The van der Waals surface area contributed by atoms with Gasteiger partial charge in [-0.3, -0.25) is 9.59 Å². The number of carbonyl (C=O) groups excluding carboxylic acids is 2. The van der Waals surface area contributed by atoms with Crippen LogP contribution in [-0.4, -0.2) is 11.9 Å². The van der Waals surface area contributed by atoms with Crippen molar-refractivity contribution in [3.05, 3.63) is 58.1 Å². The zero-order chi connectivity index (χ0) is 16.2. The van der Waals surface area contributed by atoms with Crippen molar-refractivity contribution in [1.29, 1.82) is 0 Å². The summed E-state index contributed by atoms with van der Waals surface area (Å²) in [5.41, 5.74) is 2.23. The van der Waals surface area contributed by atoms with Crippen LogP contribution in [0.4, 0.5) is 0 Å². The number of para-hydroxylation sites is 1. The minimum atomic E-state index is -0.134. The smallest absolute Gasteiger partial charge is 0.311 e. The Kier molecular flexibility index (Phi) is 4.76. The van der Waals surface area contributed by atoms with E-state index in [-0.39, 0.29) is 11.9 Å². The zero-order valence-corrected chi connectivity index (χ0v) is 14.0. The highest BCUT2D eigenvalue weighted by Crippen LogP contribution is 2.28. The summed E-state index contributed by atoms with van der Waals surface area (Å²) >= 11 is 3.37. The summed E-state index contributed by atoms with van der Waals surface area (Å²) in [5.74, 6) is 1.17. The average molecular weight is 375 g/mol. The number of halogens is 1. The van der Waals surface area contributed by atoms with Crippen molar-refractivity contribution in [2.75, 3.05) is 0 Å². The Morgan fingerprint density at radius 2 is 1.35 bits per heavy atom. The number of rotatable bonds is 0. The lowest BCUT2D eigenvalue weighted by Crippen LogP contribution is -2.15. The molecule has 0 radical (unpaired) electrons. The monoisotopic (exact) mass is 374 g/mol. The van der Waals surface area contributed by atoms with E-state index in [0.717, 1.165) is 34.2 Å². The first-order chi connectivity index (χ1) is 11.1. The SMILES string of the molecule is O=C1CCc2cc(Br)ccc2O1.O=C1CCc2ccccc2O1. The normalized spacial score (nSPS) is 15.3. The van der Waals surface area contributed by atoms with Gasteiger partial charge in [-0.05, 0) is 48.2 Å². The molecule has 4 nitrogen and oxygen atoms in total. The molecule has 118 valence electrons. The molecular weight excluding hydrogens is 360 g/mol. The lowest BCUT2D eigenvalue weighted by atomic mass is 10.1. The Morgan fingerprint density at radius 3 is 2.09 bits per heavy atom. The molecule has 0 aromatic heterocycles. The van der Waals surface area contributed by atoms with Crippen molar-refractivity contribution in [1.82, 2.24) is 0 Å². The van der Waals surface area contributed by atoms with E-state index in [1.54, 1.807) is 0 Å². The van der Waals surface area contributed by atoms with Crippen molar-refractivity contribution >= 4 is 27.9 Å². The Labute approximate surface area is 142 Å². The Hall–Kier alpha value is -2.14. The van der Waals surface area contributed by atoms with E-state index in [9.17, 15) is 9.59 Å². The van der Waals surface area contributed by atoms with E-state index in [0.29, 0.717) is 18.6 Å². The van der Waals surface area contributed by atoms with E-state index in [1.165, 1.54) is 0 Å². The van der Waals surface area contributed by atoms with Gasteiger partial charge in [0, 0.05) is 4.47 Å². The number of hydrogen-bond acceptors (Lipinski definition) is 4. The molecule has 2 aliphatic heterocycles. The molecule has 0 bridgehead atoms. The van der Waals surface area contributed by atoms with Gasteiger partial charge in [-0.25, -0.2) is 0 Å². The first-order valence-electron chi connectivity index (χ1n) is 7.39. The van der Waals surface area contributed by atoms with Gasteiger partial charge in [0.1, 0.15) is 11.5 Å². The van der Waals surface area contributed by atoms with Gasteiger partial charge in [-0.15, -0.1) is 0 Å². The summed E-state index contributed by atoms with van der Waals surface area (Å²) in [6.45, 7) is 0. The topological polar surface area (TPSA) is 52.6 Å². The fraction of sp³-hybridized carbons (Fsp3) is 0.222. The minimum Gasteiger partial charge on any atom is -0.426 e. The molecule has 0 saturated carbocycles. The summed E-state index contributed by atoms with van der Waals surface area (Å²) in [4.78, 5) is 21.7. The van der Waals surface area contributed by atoms with Gasteiger partial charge < -0.3 is 9.47 Å². The van der Waals surface area contributed by atoms with Crippen LogP contribution in [0.3, 0.4) is 0 Å². The fourth-order valence-electron chi connectivity index (χ4n) is 2.47. The molecule has 0 atom stereocenters. The maximum absolute atomic E-state index is 10.9. The second-order valence-electron chi connectivity index (χ2n) is 5.31. The number of ether oxygens (including phenoxy) is 2. The molecular formula is C18H15BrO4. The van der Waals surface area contributed by atoms with E-state index in [1.807, 2.05) is 42.5 Å². The summed E-state index contributed by atoms with van der Waals surface area (Å²) in [6.07, 6.45) is 2.60. The van der Waals surface area contributed by atoms with Crippen molar-refractivity contribution in [2.24, 2.45) is 0 Å². The van der Waals surface area contributed by atoms with Crippen LogP contribution < -0.4 is 9.47 Å². The summed E-state index contributed by atoms with van der Waals surface area (Å²) in [6, 6.07) is 13.3. The second kappa shape index (κ2) is 6.96. The number of benzene rings is 2. The van der Waals surface area contributed by atoms with Gasteiger partial charge in [0.15, 0.2) is 0 Å². The standard InChI is InChI=1S/C9H7BrO2.C9H8O2/c10-7-2-3-8-6(5-7)1-4-9(11)12-8;10-9-6-5-7-3-1-2-4-8(7)11-9/h2-3,5H,1,4H2;1-4H,5-6H2. The lowest BCUT2D eigenvalue weighted by Gasteiger charge is -2.14. The van der Waals surface area contributed by atoms with Gasteiger partial charge in [0.2, 0.25) is 0 Å². The van der Waals surface area contributed by atoms with E-state index < -0.39 is 0 Å². The van der Waals surface area contributed by atoms with Gasteiger partial charge in [-0.2, -0.15) is 0 Å². The number of hydrogen-bond donors (Lipinski definition) is 0. The predicted octanol–water partition coefficient (Wildman–Crippen LogP) is 3.84. The zero-order valence-electron chi connectivity index (χ0n) is 12.4. The van der Waals surface area contributed by atoms with Gasteiger partial charge in [-0.1, -0.05) is 34.1 Å². The minimum absolute atomic E-state index is 0.122. The third-order valence-electron chi connectivity index (χ3n) is 3.64. The lowest BCUT2D eigenvalue weighted by molar-refractivity contribution is -0.136. The van der Waals surface area contributed by atoms with Gasteiger partial charge in [0.25, 0.3) is 0 Å². The first-order valence-corrected chi connectivity index (χ1v) is 8.19. The molecule has 0 saturated heterocycles. The molecule has 23 heavy (non-hydrogen) atoms. The maximum atomic E-state index is 10.9. The number of carbonyl (C=O) groups is 2. The van der Waals surface area contributed by atoms with Crippen LogP contribution >= 0.6 is 15.9 Å². The van der Waals surface area contributed by atoms with Crippen LogP contribution in [0.25, 0.3) is 0 Å². The summed E-state index contributed by atoms with van der Waals surface area (Å²) in [5, 5.41) is 0. The molecule has 5 heteroatoms. The summed E-state index contributed by atoms with van der Waals surface area (Å²) in [7, 11) is 0. The highest BCUT2D eigenvalue weighted by Gasteiger charge is 2.16. The van der Waals surface area contributed by atoms with Crippen LogP contribution in [-0.2, 0) is 22.4 Å². The third kappa shape index (κ3) is 3.99. The average Bonchev–Trinajstić information content (AvgIpc) is 2.55. The molecule has 2 aliphatic rings. The van der Waals surface area contributed by atoms with Crippen LogP contribution in [0.5, 0.6) is 11.5 Å². The van der Waals surface area contributed by atoms with Crippen LogP contribution in [0, 0.1) is 0 Å². The molecule has 2 aromatic carbocycles. The van der Waals surface area contributed by atoms with Gasteiger partial charge in [0.05, 0.1) is 12.8 Å². The number of esters is 2. The molecule has 4 rings (SSSR count). The molecule has 0 unspecified atom stereocenters. The molecule has 0 amide bonds. The predicted molar refractivity (Wildman–Crippen MR) is 88.5 cm³/mol. The molecule has 0 aliphatic carbocycles. The third-order valence-corrected chi connectivity index (χ3v) is 4.13. The molecule has 0 spiro atoms. The summed E-state index contributed by atoms with van der Waals surface area (Å²) < 4.78 is 11.0. The second-order valence-corrected chi connectivity index (χ2v) is 6.22. The molecule has 2 heterocycles. The largest absolute Gasteiger partial charge is 0.426 e. The van der Waals surface area contributed by atoms with Crippen molar-refractivity contribution < 1.29 is 19.1 Å². The van der Waals surface area contributed by atoms with E-state index in [4.69, 9.17) is 9.47 Å². The highest BCUT2D eigenvalue weighted by atomic mass is 79.9. The van der Waals surface area contributed by atoms with Crippen LogP contribution in [0.1, 0.15) is 24.0 Å². The van der Waals surface area contributed by atoms with E-state index in [2.05, 4.69) is 15.9 Å². The Morgan fingerprint density at radius 1 is 0.739 bits per heavy atom. The number of aryl methyl sites for hydroxylation is 2. The van der Waals surface area contributed by atoms with Crippen LogP contribution in [0.2, 0.25) is 0 Å². The quantitative estimate of drug-likeness (QED) is 0.519. The molecule has 0 N–H and O–H groups in total. The molecule has 2 aromatic rings. The fourth-order valence-corrected chi connectivity index (χ4v) is 2.88. The highest BCUT2D eigenvalue weighted by molar-refractivity contribution is 9.10. The van der Waals surface area contributed by atoms with Gasteiger partial charge >= 0.3 is 11.9 Å². The Bertz CT molecular complexity index is 754. The first kappa shape index (κ1) is 15.7. The maximum Gasteiger partial charge on any atom is 0.311 e. The number of fused-ring (bicyclic) bond motifs is 2. The molecule has 0 fully saturated rings. The van der Waals surface area contributed by atoms with Crippen molar-refractivity contribution in [2.45, 2.75) is 25.7 Å². The van der Waals surface area contributed by atoms with Crippen molar-refractivity contribution in [3.8, 4) is 11.5 Å².